The van der Waals surface area contributed by atoms with E-state index >= 15 is 0 Å². The van der Waals surface area contributed by atoms with Crippen molar-refractivity contribution in [2.75, 3.05) is 11.4 Å². The predicted molar refractivity (Wildman–Crippen MR) is 79.5 cm³/mol. The molecule has 1 aliphatic heterocycles. The second-order valence-corrected chi connectivity index (χ2v) is 4.63. The molecule has 0 aromatic heterocycles. The van der Waals surface area contributed by atoms with Crippen molar-refractivity contribution in [3.63, 3.8) is 0 Å². The third-order valence-corrected chi connectivity index (χ3v) is 3.50. The van der Waals surface area contributed by atoms with E-state index in [1.54, 1.807) is 6.08 Å². The number of rotatable bonds is 2. The molecule has 2 aromatic carbocycles. The van der Waals surface area contributed by atoms with Gasteiger partial charge in [-0.05, 0) is 30.7 Å². The van der Waals surface area contributed by atoms with E-state index in [1.165, 1.54) is 0 Å². The van der Waals surface area contributed by atoms with Crippen LogP contribution in [0.3, 0.4) is 0 Å². The third kappa shape index (κ3) is 1.69. The zero-order chi connectivity index (χ0) is 14.3. The van der Waals surface area contributed by atoms with Gasteiger partial charge in [-0.2, -0.15) is 0 Å². The molecule has 0 aliphatic carbocycles. The minimum Gasteiger partial charge on any atom is -0.504 e. The standard InChI is InChI=1S/C16H13NO3/c1-2-17-11(9-12-14(18)16(20)15(12)19)8-7-10-5-3-4-6-13(10)17/h3-9,18H,2H2,1H3. The van der Waals surface area contributed by atoms with Crippen molar-refractivity contribution < 1.29 is 5.11 Å². The Hall–Kier alpha value is -2.62. The molecule has 4 nitrogen and oxygen atoms in total. The Morgan fingerprint density at radius 2 is 1.90 bits per heavy atom. The topological polar surface area (TPSA) is 57.6 Å². The summed E-state index contributed by atoms with van der Waals surface area (Å²) in [5.74, 6) is -0.439. The summed E-state index contributed by atoms with van der Waals surface area (Å²) < 4.78 is 0. The molecule has 0 bridgehead atoms. The second-order valence-electron chi connectivity index (χ2n) is 4.63. The van der Waals surface area contributed by atoms with Gasteiger partial charge in [-0.1, -0.05) is 24.3 Å². The Labute approximate surface area is 115 Å². The van der Waals surface area contributed by atoms with Crippen LogP contribution in [0.5, 0.6) is 5.75 Å². The highest BCUT2D eigenvalue weighted by Crippen LogP contribution is 2.31. The van der Waals surface area contributed by atoms with Crippen molar-refractivity contribution in [3.8, 4) is 5.75 Å². The Morgan fingerprint density at radius 3 is 2.60 bits per heavy atom. The van der Waals surface area contributed by atoms with Gasteiger partial charge in [-0.25, -0.2) is 0 Å². The Morgan fingerprint density at radius 1 is 1.15 bits per heavy atom. The molecular formula is C16H13NO3. The lowest BCUT2D eigenvalue weighted by Gasteiger charge is -2.29. The van der Waals surface area contributed by atoms with Crippen molar-refractivity contribution in [3.05, 3.63) is 67.6 Å². The van der Waals surface area contributed by atoms with Crippen molar-refractivity contribution in [1.82, 2.24) is 0 Å². The van der Waals surface area contributed by atoms with E-state index in [0.717, 1.165) is 23.5 Å². The molecule has 0 saturated carbocycles. The van der Waals surface area contributed by atoms with Crippen LogP contribution in [0.1, 0.15) is 18.1 Å². The fourth-order valence-electron chi connectivity index (χ4n) is 2.44. The van der Waals surface area contributed by atoms with Gasteiger partial charge in [0.15, 0.2) is 5.75 Å². The number of hydrogen-bond acceptors (Lipinski definition) is 4. The first-order valence-electron chi connectivity index (χ1n) is 6.42. The van der Waals surface area contributed by atoms with Gasteiger partial charge in [-0.3, -0.25) is 9.59 Å². The van der Waals surface area contributed by atoms with Crippen molar-refractivity contribution in [2.24, 2.45) is 0 Å². The number of fused-ring (bicyclic) bond motifs is 1. The van der Waals surface area contributed by atoms with E-state index in [4.69, 9.17) is 0 Å². The molecule has 4 heteroatoms. The van der Waals surface area contributed by atoms with Crippen LogP contribution in [0.25, 0.3) is 12.2 Å². The Balaban J connectivity index is 2.09. The molecule has 3 rings (SSSR count). The molecule has 100 valence electrons. The molecule has 0 fully saturated rings. The van der Waals surface area contributed by atoms with Crippen molar-refractivity contribution >= 4 is 17.8 Å². The van der Waals surface area contributed by atoms with Gasteiger partial charge in [0.25, 0.3) is 5.43 Å². The maximum atomic E-state index is 11.4. The first-order chi connectivity index (χ1) is 9.63. The maximum absolute atomic E-state index is 11.4. The van der Waals surface area contributed by atoms with Crippen LogP contribution in [0.4, 0.5) is 5.69 Å². The van der Waals surface area contributed by atoms with Crippen LogP contribution in [-0.4, -0.2) is 11.7 Å². The Kier molecular flexibility index (Phi) is 2.79. The summed E-state index contributed by atoms with van der Waals surface area (Å²) in [6.07, 6.45) is 5.40. The normalized spacial score (nSPS) is 15.8. The van der Waals surface area contributed by atoms with E-state index in [2.05, 4.69) is 0 Å². The predicted octanol–water partition coefficient (Wildman–Crippen LogP) is 1.88. The van der Waals surface area contributed by atoms with Gasteiger partial charge in [0.1, 0.15) is 0 Å². The summed E-state index contributed by atoms with van der Waals surface area (Å²) in [5.41, 5.74) is 1.59. The lowest BCUT2D eigenvalue weighted by atomic mass is 10.0. The molecule has 0 spiro atoms. The van der Waals surface area contributed by atoms with Crippen LogP contribution < -0.4 is 15.8 Å². The van der Waals surface area contributed by atoms with Crippen molar-refractivity contribution in [1.29, 1.82) is 0 Å². The van der Waals surface area contributed by atoms with Crippen molar-refractivity contribution in [2.45, 2.75) is 6.92 Å². The molecule has 1 N–H and O–H groups in total. The maximum Gasteiger partial charge on any atom is 0.268 e. The number of para-hydroxylation sites is 1. The average Bonchev–Trinajstić information content (AvgIpc) is 2.50. The molecule has 2 aromatic rings. The second kappa shape index (κ2) is 4.49. The van der Waals surface area contributed by atoms with Gasteiger partial charge in [0.05, 0.1) is 5.56 Å². The largest absolute Gasteiger partial charge is 0.504 e. The lowest BCUT2D eigenvalue weighted by Crippen LogP contribution is -2.33. The summed E-state index contributed by atoms with van der Waals surface area (Å²) >= 11 is 0. The molecule has 1 heterocycles. The van der Waals surface area contributed by atoms with Crippen LogP contribution >= 0.6 is 0 Å². The SMILES string of the molecule is CCN1C(=Cc2c(O)c(=O)c2=O)C=Cc2ccccc21. The summed E-state index contributed by atoms with van der Waals surface area (Å²) in [7, 11) is 0. The average molecular weight is 267 g/mol. The lowest BCUT2D eigenvalue weighted by molar-refractivity contribution is 0.461. The van der Waals surface area contributed by atoms with E-state index in [0.29, 0.717) is 0 Å². The Bertz CT molecular complexity index is 807. The quantitative estimate of drug-likeness (QED) is 0.844. The van der Waals surface area contributed by atoms with Gasteiger partial charge < -0.3 is 10.0 Å². The number of aromatic hydroxyl groups is 1. The number of benzene rings is 1. The summed E-state index contributed by atoms with van der Waals surface area (Å²) in [5, 5.41) is 9.45. The van der Waals surface area contributed by atoms with E-state index in [1.807, 2.05) is 48.2 Å². The number of nitrogens with zero attached hydrogens (tertiary/aromatic N) is 1. The molecule has 20 heavy (non-hydrogen) atoms. The highest BCUT2D eigenvalue weighted by Gasteiger charge is 2.21. The van der Waals surface area contributed by atoms with Crippen LogP contribution in [0.2, 0.25) is 0 Å². The van der Waals surface area contributed by atoms with Gasteiger partial charge >= 0.3 is 0 Å². The van der Waals surface area contributed by atoms with Gasteiger partial charge in [-0.15, -0.1) is 0 Å². The fourth-order valence-corrected chi connectivity index (χ4v) is 2.44. The van der Waals surface area contributed by atoms with E-state index < -0.39 is 16.6 Å². The zero-order valence-corrected chi connectivity index (χ0v) is 11.0. The van der Waals surface area contributed by atoms with Crippen LogP contribution in [0.15, 0.2) is 45.6 Å². The van der Waals surface area contributed by atoms with E-state index in [-0.39, 0.29) is 5.56 Å². The van der Waals surface area contributed by atoms with Gasteiger partial charge in [0.2, 0.25) is 5.43 Å². The minimum absolute atomic E-state index is 0.0903. The van der Waals surface area contributed by atoms with Crippen LogP contribution in [-0.2, 0) is 0 Å². The monoisotopic (exact) mass is 267 g/mol. The number of allylic oxidation sites excluding steroid dienone is 1. The number of likely N-dealkylation sites (N-methyl/N-ethyl adjacent to an activating group) is 1. The minimum atomic E-state index is -0.805. The summed E-state index contributed by atoms with van der Waals surface area (Å²) in [4.78, 5) is 24.5. The van der Waals surface area contributed by atoms with Gasteiger partial charge in [0, 0.05) is 17.9 Å². The summed E-state index contributed by atoms with van der Waals surface area (Å²) in [6.45, 7) is 2.73. The third-order valence-electron chi connectivity index (χ3n) is 3.50. The van der Waals surface area contributed by atoms with Crippen LogP contribution in [0, 0.1) is 0 Å². The highest BCUT2D eigenvalue weighted by molar-refractivity contribution is 5.80. The number of hydrogen-bond donors (Lipinski definition) is 1. The highest BCUT2D eigenvalue weighted by atomic mass is 16.3. The first-order valence-corrected chi connectivity index (χ1v) is 6.42. The molecule has 0 saturated heterocycles. The first kappa shape index (κ1) is 12.4. The molecule has 0 unspecified atom stereocenters. The summed E-state index contributed by atoms with van der Waals surface area (Å²) in [6, 6.07) is 7.93. The molecule has 0 atom stereocenters. The fraction of sp³-hybridized carbons (Fsp3) is 0.125. The molecule has 0 radical (unpaired) electrons. The van der Waals surface area contributed by atoms with E-state index in [9.17, 15) is 14.7 Å². The number of anilines is 1. The molecular weight excluding hydrogens is 254 g/mol. The molecule has 0 amide bonds. The zero-order valence-electron chi connectivity index (χ0n) is 11.0. The molecule has 1 aliphatic rings. The smallest absolute Gasteiger partial charge is 0.268 e.